The van der Waals surface area contributed by atoms with Crippen molar-refractivity contribution in [3.8, 4) is 0 Å². The Morgan fingerprint density at radius 2 is 1.75 bits per heavy atom. The van der Waals surface area contributed by atoms with Gasteiger partial charge in [-0.3, -0.25) is 13.9 Å². The summed E-state index contributed by atoms with van der Waals surface area (Å²) in [6.07, 6.45) is 0. The minimum atomic E-state index is -5.18. The minimum Gasteiger partial charge on any atom is -0.319 e. The molecule has 0 aliphatic rings. The molecule has 0 saturated carbocycles. The maximum Gasteiger partial charge on any atom is 0.407 e. The fraction of sp³-hybridized carbons (Fsp3) is 0.667. The summed E-state index contributed by atoms with van der Waals surface area (Å²) in [5, 5.41) is -2.07. The molecule has 72 valence electrons. The van der Waals surface area contributed by atoms with E-state index in [1.54, 1.807) is 0 Å². The molecule has 0 aliphatic carbocycles. The lowest BCUT2D eigenvalue weighted by atomic mass is 10.9. The van der Waals surface area contributed by atoms with Crippen LogP contribution in [0.4, 0.5) is 4.79 Å². The molecule has 7 nitrogen and oxygen atoms in total. The van der Waals surface area contributed by atoms with Crippen molar-refractivity contribution in [2.24, 2.45) is 0 Å². The van der Waals surface area contributed by atoms with Gasteiger partial charge in [0.25, 0.3) is 0 Å². The second kappa shape index (κ2) is 3.79. The van der Waals surface area contributed by atoms with E-state index in [0.717, 1.165) is 0 Å². The Morgan fingerprint density at radius 1 is 1.33 bits per heavy atom. The Morgan fingerprint density at radius 3 is 2.00 bits per heavy atom. The fourth-order valence-corrected chi connectivity index (χ4v) is 2.35. The molecular weight excluding hydrogens is 210 g/mol. The van der Waals surface area contributed by atoms with Crippen LogP contribution in [0.15, 0.2) is 0 Å². The van der Waals surface area contributed by atoms with Crippen molar-refractivity contribution in [1.82, 2.24) is 0 Å². The van der Waals surface area contributed by atoms with Gasteiger partial charge in [-0.25, -0.2) is 0 Å². The molecule has 1 unspecified atom stereocenters. The highest BCUT2D eigenvalue weighted by atomic mass is 31.2. The third-order valence-corrected chi connectivity index (χ3v) is 3.92. The lowest BCUT2D eigenvalue weighted by Crippen LogP contribution is -2.01. The smallest absolute Gasteiger partial charge is 0.319 e. The highest BCUT2D eigenvalue weighted by molar-refractivity contribution is 7.97. The molecule has 0 aromatic heterocycles. The maximum absolute atomic E-state index is 10.7. The summed E-state index contributed by atoms with van der Waals surface area (Å²) in [6.45, 7) is 1.04. The second-order valence-corrected chi connectivity index (χ2v) is 5.32. The van der Waals surface area contributed by atoms with Crippen molar-refractivity contribution in [3.05, 3.63) is 0 Å². The van der Waals surface area contributed by atoms with Crippen LogP contribution in [-0.4, -0.2) is 26.6 Å². The van der Waals surface area contributed by atoms with E-state index in [2.05, 4.69) is 4.52 Å². The molecule has 3 N–H and O–H groups in total. The summed E-state index contributed by atoms with van der Waals surface area (Å²) in [4.78, 5) is 35.5. The first kappa shape index (κ1) is 12.0. The zero-order valence-electron chi connectivity index (χ0n) is 6.08. The van der Waals surface area contributed by atoms with E-state index >= 15 is 0 Å². The average Bonchev–Trinajstić information content (AvgIpc) is 1.84. The van der Waals surface area contributed by atoms with Crippen molar-refractivity contribution in [2.75, 3.05) is 6.61 Å². The summed E-state index contributed by atoms with van der Waals surface area (Å²) in [5.41, 5.74) is 0. The largest absolute Gasteiger partial charge is 0.407 e. The van der Waals surface area contributed by atoms with Crippen molar-refractivity contribution in [1.29, 1.82) is 0 Å². The molecule has 0 bridgehead atoms. The Labute approximate surface area is 68.1 Å². The third-order valence-electron chi connectivity index (χ3n) is 0.795. The van der Waals surface area contributed by atoms with Crippen molar-refractivity contribution >= 4 is 20.5 Å². The van der Waals surface area contributed by atoms with E-state index in [4.69, 9.17) is 14.7 Å². The molecule has 0 aromatic carbocycles. The first-order valence-electron chi connectivity index (χ1n) is 2.79. The van der Waals surface area contributed by atoms with Crippen molar-refractivity contribution in [2.45, 2.75) is 6.92 Å². The van der Waals surface area contributed by atoms with Gasteiger partial charge in [0.15, 0.2) is 0 Å². The molecule has 0 saturated heterocycles. The van der Waals surface area contributed by atoms with E-state index < -0.39 is 20.5 Å². The molecule has 0 spiro atoms. The molecule has 0 aromatic rings. The highest BCUT2D eigenvalue weighted by Crippen LogP contribution is 2.57. The molecule has 9 heteroatoms. The van der Waals surface area contributed by atoms with E-state index in [0.29, 0.717) is 0 Å². The molecule has 0 fully saturated rings. The van der Waals surface area contributed by atoms with Gasteiger partial charge in [-0.1, -0.05) is 0 Å². The molecule has 0 aliphatic heterocycles. The van der Waals surface area contributed by atoms with Crippen LogP contribution >= 0.6 is 15.2 Å². The molecule has 12 heavy (non-hydrogen) atoms. The van der Waals surface area contributed by atoms with Gasteiger partial charge in [0.2, 0.25) is 0 Å². The number of rotatable bonds is 4. The monoisotopic (exact) mass is 218 g/mol. The topological polar surface area (TPSA) is 121 Å². The quantitative estimate of drug-likeness (QED) is 0.587. The van der Waals surface area contributed by atoms with Crippen LogP contribution in [0.3, 0.4) is 0 Å². The van der Waals surface area contributed by atoms with E-state index in [9.17, 15) is 13.9 Å². The summed E-state index contributed by atoms with van der Waals surface area (Å²) in [7, 11) is -9.99. The second-order valence-electron chi connectivity index (χ2n) is 1.76. The summed E-state index contributed by atoms with van der Waals surface area (Å²) < 4.78 is 24.8. The number of hydrogen-bond acceptors (Lipinski definition) is 4. The molecule has 0 rings (SSSR count). The predicted octanol–water partition coefficient (Wildman–Crippen LogP) is 0.506. The molecule has 0 heterocycles. The fourth-order valence-electron chi connectivity index (χ4n) is 0.395. The lowest BCUT2D eigenvalue weighted by molar-refractivity contribution is 0.240. The van der Waals surface area contributed by atoms with Crippen LogP contribution in [0.2, 0.25) is 0 Å². The Balaban J connectivity index is 4.71. The normalized spacial score (nSPS) is 17.0. The lowest BCUT2D eigenvalue weighted by Gasteiger charge is -2.08. The number of hydrogen-bond donors (Lipinski definition) is 3. The van der Waals surface area contributed by atoms with E-state index in [1.165, 1.54) is 6.92 Å². The summed E-state index contributed by atoms with van der Waals surface area (Å²) >= 11 is 0. The Hall–Kier alpha value is -0.0300. The maximum atomic E-state index is 10.7. The molecule has 1 atom stereocenters. The minimum absolute atomic E-state index is 0.278. The van der Waals surface area contributed by atoms with Gasteiger partial charge in [-0.05, 0) is 6.92 Å². The van der Waals surface area contributed by atoms with Crippen LogP contribution in [0.1, 0.15) is 6.92 Å². The molecule has 0 amide bonds. The summed E-state index contributed by atoms with van der Waals surface area (Å²) in [5.74, 6) is 0. The van der Waals surface area contributed by atoms with Crippen LogP contribution in [-0.2, 0) is 13.7 Å². The average molecular weight is 218 g/mol. The van der Waals surface area contributed by atoms with Gasteiger partial charge in [0, 0.05) is 0 Å². The zero-order valence-corrected chi connectivity index (χ0v) is 7.87. The SMILES string of the molecule is CCOP(=O)(O)C(=O)P(=O)(O)O. The number of carbonyl (C=O) groups excluding carboxylic acids is 1. The Bertz CT molecular complexity index is 264. The van der Waals surface area contributed by atoms with Gasteiger partial charge in [0.1, 0.15) is 0 Å². The first-order valence-corrected chi connectivity index (χ1v) is 5.98. The summed E-state index contributed by atoms with van der Waals surface area (Å²) in [6, 6.07) is 0. The molecular formula is C3H8O7P2. The highest BCUT2D eigenvalue weighted by Gasteiger charge is 2.43. The zero-order chi connectivity index (χ0) is 9.99. The standard InChI is InChI=1S/C3H8O7P2/c1-2-10-12(8,9)3(4)11(5,6)7/h2H2,1H3,(H,8,9)(H2,5,6,7). The van der Waals surface area contributed by atoms with Gasteiger partial charge >= 0.3 is 20.5 Å². The van der Waals surface area contributed by atoms with Crippen molar-refractivity contribution in [3.63, 3.8) is 0 Å². The van der Waals surface area contributed by atoms with Crippen LogP contribution < -0.4 is 0 Å². The van der Waals surface area contributed by atoms with Crippen LogP contribution in [0, 0.1) is 0 Å². The van der Waals surface area contributed by atoms with Crippen LogP contribution in [0.5, 0.6) is 0 Å². The molecule has 0 radical (unpaired) electrons. The Kier molecular flexibility index (Phi) is 3.78. The predicted molar refractivity (Wildman–Crippen MR) is 38.9 cm³/mol. The van der Waals surface area contributed by atoms with E-state index in [1.807, 2.05) is 0 Å². The van der Waals surface area contributed by atoms with Crippen LogP contribution in [0.25, 0.3) is 0 Å². The first-order chi connectivity index (χ1) is 5.22. The third kappa shape index (κ3) is 3.15. The van der Waals surface area contributed by atoms with Gasteiger partial charge in [-0.15, -0.1) is 0 Å². The van der Waals surface area contributed by atoms with Crippen molar-refractivity contribution < 1.29 is 33.1 Å². The van der Waals surface area contributed by atoms with Gasteiger partial charge in [-0.2, -0.15) is 0 Å². The van der Waals surface area contributed by atoms with Gasteiger partial charge in [0.05, 0.1) is 6.61 Å². The number of carbonyl (C=O) groups is 1. The van der Waals surface area contributed by atoms with Gasteiger partial charge < -0.3 is 19.2 Å². The van der Waals surface area contributed by atoms with E-state index in [-0.39, 0.29) is 6.61 Å².